The Labute approximate surface area is 330 Å². The lowest BCUT2D eigenvalue weighted by Gasteiger charge is -2.29. The van der Waals surface area contributed by atoms with Crippen molar-refractivity contribution in [1.29, 1.82) is 0 Å². The molecule has 1 unspecified atom stereocenters. The molecule has 57 heavy (non-hydrogen) atoms. The minimum Gasteiger partial charge on any atom is -0.481 e. The molecule has 0 rings (SSSR count). The van der Waals surface area contributed by atoms with Gasteiger partial charge in [-0.1, -0.05) is 54.2 Å². The molecule has 0 aromatic carbocycles. The molecule has 0 aliphatic rings. The van der Waals surface area contributed by atoms with Crippen LogP contribution in [0.2, 0.25) is 0 Å². The van der Waals surface area contributed by atoms with Crippen LogP contribution in [0.25, 0.3) is 0 Å². The van der Waals surface area contributed by atoms with Crippen LogP contribution >= 0.6 is 0 Å². The number of aliphatic carboxylic acids is 2. The highest BCUT2D eigenvalue weighted by Crippen LogP contribution is 2.10. The number of amides is 7. The fraction of sp³-hybridized carbons (Fsp3) is 0.639. The van der Waals surface area contributed by atoms with Crippen molar-refractivity contribution >= 4 is 65.0 Å². The molecule has 21 nitrogen and oxygen atoms in total. The molecular formula is C36H57N7O14. The molecule has 0 fully saturated rings. The summed E-state index contributed by atoms with van der Waals surface area (Å²) in [6.45, 7) is 12.9. The Morgan fingerprint density at radius 2 is 1.11 bits per heavy atom. The summed E-state index contributed by atoms with van der Waals surface area (Å²) in [5.41, 5.74) is 0. The highest BCUT2D eigenvalue weighted by atomic mass is 16.5. The zero-order valence-electron chi connectivity index (χ0n) is 33.4. The molecule has 320 valence electrons. The number of carbonyl (C=O) groups excluding carboxylic acids is 9. The minimum absolute atomic E-state index is 0.0429. The van der Waals surface area contributed by atoms with Crippen LogP contribution in [-0.2, 0) is 57.5 Å². The van der Waals surface area contributed by atoms with E-state index in [1.807, 2.05) is 0 Å². The fourth-order valence-corrected chi connectivity index (χ4v) is 4.98. The molecule has 9 N–H and O–H groups in total. The van der Waals surface area contributed by atoms with Crippen LogP contribution in [-0.4, -0.2) is 125 Å². The summed E-state index contributed by atoms with van der Waals surface area (Å²) in [5.74, 6) is -12.0. The van der Waals surface area contributed by atoms with Gasteiger partial charge >= 0.3 is 17.9 Å². The molecule has 0 aliphatic carbocycles. The quantitative estimate of drug-likeness (QED) is 0.0248. The van der Waals surface area contributed by atoms with Gasteiger partial charge in [-0.15, -0.1) is 0 Å². The summed E-state index contributed by atoms with van der Waals surface area (Å²) < 4.78 is 4.74. The van der Waals surface area contributed by atoms with E-state index >= 15 is 0 Å². The highest BCUT2D eigenvalue weighted by Gasteiger charge is 2.34. The summed E-state index contributed by atoms with van der Waals surface area (Å²) in [5, 5.41) is 34.7. The maximum atomic E-state index is 13.5. The largest absolute Gasteiger partial charge is 0.481 e. The van der Waals surface area contributed by atoms with Gasteiger partial charge in [0.25, 0.3) is 5.91 Å². The first-order chi connectivity index (χ1) is 26.5. The normalized spacial score (nSPS) is 13.4. The van der Waals surface area contributed by atoms with Crippen molar-refractivity contribution in [1.82, 2.24) is 37.2 Å². The van der Waals surface area contributed by atoms with Crippen molar-refractivity contribution in [2.75, 3.05) is 19.7 Å². The molecule has 0 aromatic heterocycles. The Balaban J connectivity index is 5.82. The van der Waals surface area contributed by atoms with Crippen LogP contribution in [0.4, 0.5) is 0 Å². The second-order valence-corrected chi connectivity index (χ2v) is 14.1. The molecule has 0 aliphatic heterocycles. The van der Waals surface area contributed by atoms with E-state index in [1.54, 1.807) is 41.5 Å². The van der Waals surface area contributed by atoms with Crippen molar-refractivity contribution in [3.8, 4) is 0 Å². The molecule has 21 heteroatoms. The number of hydrogen-bond acceptors (Lipinski definition) is 12. The van der Waals surface area contributed by atoms with Gasteiger partial charge < -0.3 is 52.2 Å². The highest BCUT2D eigenvalue weighted by molar-refractivity contribution is 6.38. The Bertz CT molecular complexity index is 1500. The summed E-state index contributed by atoms with van der Waals surface area (Å²) >= 11 is 0. The first-order valence-corrected chi connectivity index (χ1v) is 18.3. The number of carboxylic acids is 2. The molecule has 7 amide bonds. The summed E-state index contributed by atoms with van der Waals surface area (Å²) in [7, 11) is 0. The number of Topliss-reactive ketones (excluding diaryl/α,β-unsaturated/α-hetero) is 1. The number of rotatable bonds is 27. The summed E-state index contributed by atoms with van der Waals surface area (Å²) in [4.78, 5) is 137. The molecule has 0 saturated carbocycles. The van der Waals surface area contributed by atoms with E-state index in [1.165, 1.54) is 6.08 Å². The Kier molecular flexibility index (Phi) is 23.4. The van der Waals surface area contributed by atoms with E-state index in [-0.39, 0.29) is 25.4 Å². The smallest absolute Gasteiger partial charge is 0.325 e. The molecule has 0 spiro atoms. The molecule has 0 heterocycles. The number of ether oxygens (including phenoxy) is 1. The van der Waals surface area contributed by atoms with Gasteiger partial charge in [-0.2, -0.15) is 0 Å². The Morgan fingerprint density at radius 1 is 0.614 bits per heavy atom. The zero-order chi connectivity index (χ0) is 44.0. The van der Waals surface area contributed by atoms with Crippen LogP contribution < -0.4 is 37.2 Å². The van der Waals surface area contributed by atoms with Crippen LogP contribution in [0.3, 0.4) is 0 Å². The molecule has 0 radical (unpaired) electrons. The van der Waals surface area contributed by atoms with Gasteiger partial charge in [-0.05, 0) is 37.0 Å². The first kappa shape index (κ1) is 51.1. The van der Waals surface area contributed by atoms with E-state index in [0.29, 0.717) is 0 Å². The topological polar surface area (TPSA) is 322 Å². The van der Waals surface area contributed by atoms with Crippen molar-refractivity contribution in [3.63, 3.8) is 0 Å². The number of carbonyl (C=O) groups is 11. The van der Waals surface area contributed by atoms with Crippen LogP contribution in [0, 0.1) is 17.8 Å². The number of ketones is 1. The maximum absolute atomic E-state index is 13.5. The predicted octanol–water partition coefficient (Wildman–Crippen LogP) is -1.95. The Hall–Kier alpha value is -5.89. The van der Waals surface area contributed by atoms with Gasteiger partial charge in [-0.25, -0.2) is 0 Å². The number of hydrogen-bond donors (Lipinski definition) is 9. The maximum Gasteiger partial charge on any atom is 0.325 e. The standard InChI is InChI=1S/C36H57N7O14/c1-9-14-57-28(50)17-38-36(56)31(51)24(15-18(2)3)40-25(45)16-37-34(54)29(19(4)5)43-35(55)30(20(6)7)42-33(53)23(11-13-27(48)49)41-32(52)22(39-21(8)44)10-12-26(46)47/h9,18-20,22-24,29-30H,1,10-17H2,2-8H3,(H,37,54)(H,38,56)(H,39,44)(H,40,45)(H,41,52)(H,42,53)(H,43,55)(H,46,47)(H,48,49)/t22-,23?,24-,29-,30-/m0/s1. The van der Waals surface area contributed by atoms with E-state index in [4.69, 9.17) is 9.84 Å². The van der Waals surface area contributed by atoms with Gasteiger partial charge in [0.05, 0.1) is 12.6 Å². The average molecular weight is 812 g/mol. The fourth-order valence-electron chi connectivity index (χ4n) is 4.98. The lowest BCUT2D eigenvalue weighted by Crippen LogP contribution is -2.60. The van der Waals surface area contributed by atoms with Crippen LogP contribution in [0.15, 0.2) is 12.7 Å². The van der Waals surface area contributed by atoms with E-state index in [2.05, 4.69) is 43.8 Å². The van der Waals surface area contributed by atoms with Crippen LogP contribution in [0.5, 0.6) is 0 Å². The van der Waals surface area contributed by atoms with Gasteiger partial charge in [0.15, 0.2) is 0 Å². The summed E-state index contributed by atoms with van der Waals surface area (Å²) in [6.07, 6.45) is -0.521. The van der Waals surface area contributed by atoms with Crippen molar-refractivity contribution < 1.29 is 67.7 Å². The van der Waals surface area contributed by atoms with Gasteiger partial charge in [0.1, 0.15) is 37.3 Å². The second-order valence-electron chi connectivity index (χ2n) is 14.1. The van der Waals surface area contributed by atoms with Gasteiger partial charge in [0, 0.05) is 19.8 Å². The van der Waals surface area contributed by atoms with Crippen molar-refractivity contribution in [2.24, 2.45) is 17.8 Å². The van der Waals surface area contributed by atoms with Gasteiger partial charge in [0.2, 0.25) is 41.2 Å². The van der Waals surface area contributed by atoms with Gasteiger partial charge in [-0.3, -0.25) is 52.7 Å². The minimum atomic E-state index is -1.54. The molecule has 0 aromatic rings. The van der Waals surface area contributed by atoms with E-state index in [9.17, 15) is 57.8 Å². The van der Waals surface area contributed by atoms with Crippen molar-refractivity contribution in [3.05, 3.63) is 12.7 Å². The lowest BCUT2D eigenvalue weighted by atomic mass is 9.98. The first-order valence-electron chi connectivity index (χ1n) is 18.3. The zero-order valence-corrected chi connectivity index (χ0v) is 33.4. The summed E-state index contributed by atoms with van der Waals surface area (Å²) in [6, 6.07) is -6.82. The number of esters is 1. The van der Waals surface area contributed by atoms with Crippen LogP contribution in [0.1, 0.15) is 80.6 Å². The molecule has 0 bridgehead atoms. The van der Waals surface area contributed by atoms with E-state index < -0.39 is 139 Å². The monoisotopic (exact) mass is 811 g/mol. The third-order valence-electron chi connectivity index (χ3n) is 7.88. The predicted molar refractivity (Wildman–Crippen MR) is 200 cm³/mol. The molecule has 5 atom stereocenters. The SMILES string of the molecule is C=CCOC(=O)CNC(=O)C(=O)[C@H](CC(C)C)NC(=O)CNC(=O)[C@@H](NC(=O)[C@@H](NC(=O)C(CCC(=O)O)NC(=O)[C@H](CCC(=O)O)NC(C)=O)C(C)C)C(C)C. The average Bonchev–Trinajstić information content (AvgIpc) is 3.11. The Morgan fingerprint density at radius 3 is 1.58 bits per heavy atom. The third-order valence-corrected chi connectivity index (χ3v) is 7.88. The van der Waals surface area contributed by atoms with Crippen molar-refractivity contribution in [2.45, 2.75) is 111 Å². The molecular weight excluding hydrogens is 754 g/mol. The van der Waals surface area contributed by atoms with E-state index in [0.717, 1.165) is 6.92 Å². The number of carboxylic acid groups (broad SMARTS) is 2. The lowest BCUT2D eigenvalue weighted by molar-refractivity contribution is -0.145. The third kappa shape index (κ3) is 21.1. The molecule has 0 saturated heterocycles. The second kappa shape index (κ2) is 26.1. The number of nitrogens with one attached hydrogen (secondary N) is 7.